The lowest BCUT2D eigenvalue weighted by Gasteiger charge is -2.21. The van der Waals surface area contributed by atoms with Crippen LogP contribution in [0.1, 0.15) is 27.2 Å². The van der Waals surface area contributed by atoms with E-state index in [0.29, 0.717) is 5.92 Å². The molecule has 1 saturated heterocycles. The summed E-state index contributed by atoms with van der Waals surface area (Å²) in [7, 11) is 0. The molecule has 0 aromatic rings. The molecule has 0 aromatic carbocycles. The normalized spacial score (nSPS) is 23.6. The van der Waals surface area contributed by atoms with Crippen LogP contribution < -0.4 is 5.32 Å². The van der Waals surface area contributed by atoms with Gasteiger partial charge in [-0.1, -0.05) is 20.8 Å². The van der Waals surface area contributed by atoms with E-state index in [9.17, 15) is 0 Å². The molecule has 1 aliphatic heterocycles. The Morgan fingerprint density at radius 1 is 1.44 bits per heavy atom. The number of nitrogens with zero attached hydrogens (tertiary/aromatic N) is 1. The van der Waals surface area contributed by atoms with Crippen LogP contribution in [-0.2, 0) is 4.74 Å². The van der Waals surface area contributed by atoms with Crippen LogP contribution in [0.15, 0.2) is 0 Å². The smallest absolute Gasteiger partial charge is 0.0489 e. The number of ether oxygens (including phenoxy) is 1. The summed E-state index contributed by atoms with van der Waals surface area (Å²) in [5.74, 6) is 1.43. The lowest BCUT2D eigenvalue weighted by molar-refractivity contribution is 0.0988. The Labute approximate surface area is 101 Å². The summed E-state index contributed by atoms with van der Waals surface area (Å²) >= 11 is 0. The molecule has 0 aliphatic carbocycles. The van der Waals surface area contributed by atoms with Crippen LogP contribution in [-0.4, -0.2) is 50.8 Å². The monoisotopic (exact) mass is 228 g/mol. The highest BCUT2D eigenvalue weighted by atomic mass is 16.5. The van der Waals surface area contributed by atoms with E-state index in [0.717, 1.165) is 25.7 Å². The Kier molecular flexibility index (Phi) is 7.01. The third kappa shape index (κ3) is 6.46. The Balaban J connectivity index is 2.02. The van der Waals surface area contributed by atoms with Gasteiger partial charge in [-0.3, -0.25) is 0 Å². The predicted octanol–water partition coefficient (Wildman–Crippen LogP) is 1.59. The van der Waals surface area contributed by atoms with Gasteiger partial charge >= 0.3 is 0 Å². The van der Waals surface area contributed by atoms with Crippen molar-refractivity contribution in [3.63, 3.8) is 0 Å². The second-order valence-corrected chi connectivity index (χ2v) is 5.43. The van der Waals surface area contributed by atoms with Crippen LogP contribution in [0.5, 0.6) is 0 Å². The molecule has 0 amide bonds. The first-order chi connectivity index (χ1) is 7.68. The first-order valence-electron chi connectivity index (χ1n) is 6.69. The van der Waals surface area contributed by atoms with E-state index in [2.05, 4.69) is 31.0 Å². The van der Waals surface area contributed by atoms with Crippen molar-refractivity contribution >= 4 is 0 Å². The summed E-state index contributed by atoms with van der Waals surface area (Å²) in [5.41, 5.74) is 0. The maximum atomic E-state index is 5.60. The molecule has 1 N–H and O–H groups in total. The summed E-state index contributed by atoms with van der Waals surface area (Å²) in [6, 6.07) is 0. The number of rotatable bonds is 6. The van der Waals surface area contributed by atoms with Crippen LogP contribution in [0.25, 0.3) is 0 Å². The number of hydrogen-bond donors (Lipinski definition) is 1. The van der Waals surface area contributed by atoms with Crippen molar-refractivity contribution in [1.29, 1.82) is 0 Å². The molecule has 1 fully saturated rings. The first kappa shape index (κ1) is 13.9. The first-order valence-corrected chi connectivity index (χ1v) is 6.69. The van der Waals surface area contributed by atoms with Gasteiger partial charge in [-0.25, -0.2) is 0 Å². The fraction of sp³-hybridized carbons (Fsp3) is 1.00. The average molecular weight is 228 g/mol. The minimum absolute atomic E-state index is 0.655. The van der Waals surface area contributed by atoms with Gasteiger partial charge < -0.3 is 15.0 Å². The highest BCUT2D eigenvalue weighted by Crippen LogP contribution is 2.03. The van der Waals surface area contributed by atoms with Gasteiger partial charge in [0.05, 0.1) is 0 Å². The molecule has 1 atom stereocenters. The van der Waals surface area contributed by atoms with E-state index in [1.165, 1.54) is 32.6 Å². The Bertz CT molecular complexity index is 173. The largest absolute Gasteiger partial charge is 0.381 e. The SMILES string of the molecule is CC(C)COCCCN1CCNCC(C)C1. The summed E-state index contributed by atoms with van der Waals surface area (Å²) in [6.07, 6.45) is 1.17. The maximum absolute atomic E-state index is 5.60. The zero-order valence-corrected chi connectivity index (χ0v) is 11.2. The minimum Gasteiger partial charge on any atom is -0.381 e. The molecular formula is C13H28N2O. The number of nitrogens with one attached hydrogen (secondary N) is 1. The summed E-state index contributed by atoms with van der Waals surface area (Å²) in [5, 5.41) is 3.47. The molecule has 1 unspecified atom stereocenters. The quantitative estimate of drug-likeness (QED) is 0.699. The molecule has 0 saturated carbocycles. The zero-order valence-electron chi connectivity index (χ0n) is 11.2. The zero-order chi connectivity index (χ0) is 11.8. The Hall–Kier alpha value is -0.120. The van der Waals surface area contributed by atoms with Crippen molar-refractivity contribution < 1.29 is 4.74 Å². The average Bonchev–Trinajstić information content (AvgIpc) is 2.42. The number of hydrogen-bond acceptors (Lipinski definition) is 3. The van der Waals surface area contributed by atoms with Gasteiger partial charge in [-0.2, -0.15) is 0 Å². The topological polar surface area (TPSA) is 24.5 Å². The molecule has 3 nitrogen and oxygen atoms in total. The molecule has 1 aliphatic rings. The molecular weight excluding hydrogens is 200 g/mol. The Morgan fingerprint density at radius 3 is 3.00 bits per heavy atom. The molecule has 0 spiro atoms. The fourth-order valence-corrected chi connectivity index (χ4v) is 2.09. The van der Waals surface area contributed by atoms with Gasteiger partial charge in [0.25, 0.3) is 0 Å². The van der Waals surface area contributed by atoms with Gasteiger partial charge in [0.2, 0.25) is 0 Å². The van der Waals surface area contributed by atoms with Crippen LogP contribution in [0.3, 0.4) is 0 Å². The molecule has 0 radical (unpaired) electrons. The van der Waals surface area contributed by atoms with Gasteiger partial charge in [0.1, 0.15) is 0 Å². The van der Waals surface area contributed by atoms with Crippen molar-refractivity contribution in [1.82, 2.24) is 10.2 Å². The van der Waals surface area contributed by atoms with Crippen molar-refractivity contribution in [3.05, 3.63) is 0 Å². The molecule has 0 bridgehead atoms. The molecule has 16 heavy (non-hydrogen) atoms. The standard InChI is InChI=1S/C13H28N2O/c1-12(2)11-16-8-4-6-15-7-5-14-9-13(3)10-15/h12-14H,4-11H2,1-3H3. The van der Waals surface area contributed by atoms with Gasteiger partial charge in [-0.15, -0.1) is 0 Å². The molecule has 3 heteroatoms. The third-order valence-corrected chi connectivity index (χ3v) is 2.88. The van der Waals surface area contributed by atoms with Gasteiger partial charge in [-0.05, 0) is 24.8 Å². The fourth-order valence-electron chi connectivity index (χ4n) is 2.09. The molecule has 1 heterocycles. The van der Waals surface area contributed by atoms with E-state index in [-0.39, 0.29) is 0 Å². The minimum atomic E-state index is 0.655. The van der Waals surface area contributed by atoms with Crippen LogP contribution in [0.4, 0.5) is 0 Å². The van der Waals surface area contributed by atoms with Crippen molar-refractivity contribution in [2.45, 2.75) is 27.2 Å². The van der Waals surface area contributed by atoms with Gasteiger partial charge in [0, 0.05) is 39.4 Å². The van der Waals surface area contributed by atoms with Crippen molar-refractivity contribution in [2.24, 2.45) is 11.8 Å². The second kappa shape index (κ2) is 8.04. The second-order valence-electron chi connectivity index (χ2n) is 5.43. The summed E-state index contributed by atoms with van der Waals surface area (Å²) < 4.78 is 5.60. The highest BCUT2D eigenvalue weighted by Gasteiger charge is 2.13. The van der Waals surface area contributed by atoms with Crippen molar-refractivity contribution in [3.8, 4) is 0 Å². The van der Waals surface area contributed by atoms with Gasteiger partial charge in [0.15, 0.2) is 0 Å². The van der Waals surface area contributed by atoms with Crippen LogP contribution in [0.2, 0.25) is 0 Å². The van der Waals surface area contributed by atoms with E-state index in [4.69, 9.17) is 4.74 Å². The van der Waals surface area contributed by atoms with Crippen molar-refractivity contribution in [2.75, 3.05) is 45.9 Å². The maximum Gasteiger partial charge on any atom is 0.0489 e. The lowest BCUT2D eigenvalue weighted by atomic mass is 10.2. The predicted molar refractivity (Wildman–Crippen MR) is 68.7 cm³/mol. The summed E-state index contributed by atoms with van der Waals surface area (Å²) in [4.78, 5) is 2.56. The van der Waals surface area contributed by atoms with E-state index in [1.807, 2.05) is 0 Å². The molecule has 1 rings (SSSR count). The molecule has 0 aromatic heterocycles. The third-order valence-electron chi connectivity index (χ3n) is 2.88. The highest BCUT2D eigenvalue weighted by molar-refractivity contribution is 4.70. The van der Waals surface area contributed by atoms with Crippen LogP contribution >= 0.6 is 0 Å². The molecule has 96 valence electrons. The summed E-state index contributed by atoms with van der Waals surface area (Å²) in [6.45, 7) is 14.4. The van der Waals surface area contributed by atoms with E-state index < -0.39 is 0 Å². The van der Waals surface area contributed by atoms with Crippen LogP contribution in [0, 0.1) is 11.8 Å². The lowest BCUT2D eigenvalue weighted by Crippen LogP contribution is -2.31. The van der Waals surface area contributed by atoms with E-state index >= 15 is 0 Å². The Morgan fingerprint density at radius 2 is 2.25 bits per heavy atom. The van der Waals surface area contributed by atoms with E-state index in [1.54, 1.807) is 0 Å².